The number of benzene rings is 2. The van der Waals surface area contributed by atoms with Crippen LogP contribution in [-0.2, 0) is 4.79 Å². The zero-order valence-electron chi connectivity index (χ0n) is 15.1. The number of rotatable bonds is 8. The Kier molecular flexibility index (Phi) is 7.49. The second-order valence-corrected chi connectivity index (χ2v) is 5.94. The molecule has 2 aromatic carbocycles. The van der Waals surface area contributed by atoms with Gasteiger partial charge in [-0.3, -0.25) is 4.79 Å². The standard InChI is InChI=1S/C20H25N3O3/c1-15(17-8-6-9-18(14-17)23-16(2)24)22-20(25)21-12-7-13-26-19-10-4-3-5-11-19/h3-6,8-11,14-15H,7,12-13H2,1-2H3,(H,23,24)(H2,21,22,25)/t15-/m0/s1. The summed E-state index contributed by atoms with van der Waals surface area (Å²) in [6.07, 6.45) is 0.717. The first-order chi connectivity index (χ1) is 12.5. The first-order valence-electron chi connectivity index (χ1n) is 8.64. The van der Waals surface area contributed by atoms with Crippen molar-refractivity contribution in [2.75, 3.05) is 18.5 Å². The van der Waals surface area contributed by atoms with Crippen LogP contribution in [0.15, 0.2) is 54.6 Å². The fraction of sp³-hybridized carbons (Fsp3) is 0.300. The Morgan fingerprint density at radius 1 is 1.08 bits per heavy atom. The minimum Gasteiger partial charge on any atom is -0.494 e. The van der Waals surface area contributed by atoms with E-state index in [0.29, 0.717) is 25.3 Å². The van der Waals surface area contributed by atoms with Gasteiger partial charge in [-0.1, -0.05) is 30.3 Å². The molecule has 2 rings (SSSR count). The van der Waals surface area contributed by atoms with Gasteiger partial charge in [0, 0.05) is 19.2 Å². The third-order valence-corrected chi connectivity index (χ3v) is 3.67. The molecule has 0 aliphatic rings. The summed E-state index contributed by atoms with van der Waals surface area (Å²) in [4.78, 5) is 23.1. The van der Waals surface area contributed by atoms with Crippen molar-refractivity contribution in [2.45, 2.75) is 26.3 Å². The number of para-hydroxylation sites is 1. The molecule has 0 fully saturated rings. The SMILES string of the molecule is CC(=O)Nc1cccc([C@H](C)NC(=O)NCCCOc2ccccc2)c1. The van der Waals surface area contributed by atoms with Crippen molar-refractivity contribution < 1.29 is 14.3 Å². The highest BCUT2D eigenvalue weighted by Crippen LogP contribution is 2.17. The number of urea groups is 1. The summed E-state index contributed by atoms with van der Waals surface area (Å²) >= 11 is 0. The molecule has 0 bridgehead atoms. The van der Waals surface area contributed by atoms with E-state index in [0.717, 1.165) is 11.3 Å². The number of anilines is 1. The van der Waals surface area contributed by atoms with E-state index in [9.17, 15) is 9.59 Å². The molecule has 2 aromatic rings. The number of amides is 3. The lowest BCUT2D eigenvalue weighted by atomic mass is 10.1. The molecule has 0 spiro atoms. The number of nitrogens with one attached hydrogen (secondary N) is 3. The van der Waals surface area contributed by atoms with Crippen molar-refractivity contribution >= 4 is 17.6 Å². The summed E-state index contributed by atoms with van der Waals surface area (Å²) in [6.45, 7) is 4.42. The summed E-state index contributed by atoms with van der Waals surface area (Å²) in [5.74, 6) is 0.697. The van der Waals surface area contributed by atoms with Crippen LogP contribution in [0.25, 0.3) is 0 Å². The summed E-state index contributed by atoms with van der Waals surface area (Å²) in [5.41, 5.74) is 1.63. The van der Waals surface area contributed by atoms with Crippen LogP contribution in [-0.4, -0.2) is 25.1 Å². The highest BCUT2D eigenvalue weighted by atomic mass is 16.5. The van der Waals surface area contributed by atoms with Crippen LogP contribution in [0.3, 0.4) is 0 Å². The Balaban J connectivity index is 1.69. The van der Waals surface area contributed by atoms with Crippen molar-refractivity contribution in [1.29, 1.82) is 0 Å². The van der Waals surface area contributed by atoms with Crippen LogP contribution in [0.1, 0.15) is 31.9 Å². The monoisotopic (exact) mass is 355 g/mol. The molecular weight excluding hydrogens is 330 g/mol. The fourth-order valence-electron chi connectivity index (χ4n) is 2.40. The van der Waals surface area contributed by atoms with Gasteiger partial charge in [0.1, 0.15) is 5.75 Å². The van der Waals surface area contributed by atoms with E-state index in [-0.39, 0.29) is 18.0 Å². The van der Waals surface area contributed by atoms with Gasteiger partial charge in [0.15, 0.2) is 0 Å². The van der Waals surface area contributed by atoms with Gasteiger partial charge in [-0.25, -0.2) is 4.79 Å². The van der Waals surface area contributed by atoms with Crippen LogP contribution in [0, 0.1) is 0 Å². The zero-order chi connectivity index (χ0) is 18.8. The molecule has 0 saturated heterocycles. The summed E-state index contributed by atoms with van der Waals surface area (Å²) in [7, 11) is 0. The van der Waals surface area contributed by atoms with Gasteiger partial charge in [0.2, 0.25) is 5.91 Å². The lowest BCUT2D eigenvalue weighted by molar-refractivity contribution is -0.114. The molecule has 0 radical (unpaired) electrons. The van der Waals surface area contributed by atoms with E-state index >= 15 is 0 Å². The molecule has 1 atom stereocenters. The summed E-state index contributed by atoms with van der Waals surface area (Å²) < 4.78 is 5.58. The Morgan fingerprint density at radius 2 is 1.85 bits per heavy atom. The quantitative estimate of drug-likeness (QED) is 0.634. The number of carbonyl (C=O) groups is 2. The average Bonchev–Trinajstić information content (AvgIpc) is 2.62. The van der Waals surface area contributed by atoms with Crippen molar-refractivity contribution in [3.8, 4) is 5.75 Å². The first-order valence-corrected chi connectivity index (χ1v) is 8.64. The normalized spacial score (nSPS) is 11.3. The molecule has 0 unspecified atom stereocenters. The van der Waals surface area contributed by atoms with Crippen molar-refractivity contribution in [1.82, 2.24) is 10.6 Å². The molecule has 138 valence electrons. The van der Waals surface area contributed by atoms with Gasteiger partial charge in [-0.05, 0) is 43.2 Å². The van der Waals surface area contributed by atoms with E-state index in [1.807, 2.05) is 61.5 Å². The van der Waals surface area contributed by atoms with Crippen molar-refractivity contribution in [2.24, 2.45) is 0 Å². The molecule has 0 aliphatic heterocycles. The van der Waals surface area contributed by atoms with Crippen LogP contribution in [0.4, 0.5) is 10.5 Å². The Hall–Kier alpha value is -3.02. The topological polar surface area (TPSA) is 79.5 Å². The third-order valence-electron chi connectivity index (χ3n) is 3.67. The molecular formula is C20H25N3O3. The molecule has 6 nitrogen and oxygen atoms in total. The number of hydrogen-bond acceptors (Lipinski definition) is 3. The number of hydrogen-bond donors (Lipinski definition) is 3. The third kappa shape index (κ3) is 6.84. The highest BCUT2D eigenvalue weighted by molar-refractivity contribution is 5.88. The second-order valence-electron chi connectivity index (χ2n) is 5.94. The second kappa shape index (κ2) is 10.1. The smallest absolute Gasteiger partial charge is 0.315 e. The molecule has 0 saturated carbocycles. The minimum atomic E-state index is -0.234. The lowest BCUT2D eigenvalue weighted by Gasteiger charge is -2.16. The number of carbonyl (C=O) groups excluding carboxylic acids is 2. The van der Waals surface area contributed by atoms with Crippen LogP contribution >= 0.6 is 0 Å². The first kappa shape index (κ1) is 19.3. The maximum absolute atomic E-state index is 12.0. The van der Waals surface area contributed by atoms with Crippen molar-refractivity contribution in [3.05, 3.63) is 60.2 Å². The van der Waals surface area contributed by atoms with Gasteiger partial charge in [0.25, 0.3) is 0 Å². The van der Waals surface area contributed by atoms with Crippen LogP contribution in [0.5, 0.6) is 5.75 Å². The van der Waals surface area contributed by atoms with Gasteiger partial charge < -0.3 is 20.7 Å². The van der Waals surface area contributed by atoms with E-state index in [4.69, 9.17) is 4.74 Å². The van der Waals surface area contributed by atoms with Crippen molar-refractivity contribution in [3.63, 3.8) is 0 Å². The molecule has 0 aromatic heterocycles. The molecule has 3 amide bonds. The fourth-order valence-corrected chi connectivity index (χ4v) is 2.40. The Morgan fingerprint density at radius 3 is 2.58 bits per heavy atom. The summed E-state index contributed by atoms with van der Waals surface area (Å²) in [6, 6.07) is 16.6. The average molecular weight is 355 g/mol. The molecule has 3 N–H and O–H groups in total. The van der Waals surface area contributed by atoms with Gasteiger partial charge in [0.05, 0.1) is 12.6 Å². The van der Waals surface area contributed by atoms with E-state index in [1.54, 1.807) is 0 Å². The number of ether oxygens (including phenoxy) is 1. The van der Waals surface area contributed by atoms with Gasteiger partial charge >= 0.3 is 6.03 Å². The van der Waals surface area contributed by atoms with Crippen LogP contribution < -0.4 is 20.7 Å². The Labute approximate surface area is 153 Å². The molecule has 26 heavy (non-hydrogen) atoms. The highest BCUT2D eigenvalue weighted by Gasteiger charge is 2.09. The van der Waals surface area contributed by atoms with Gasteiger partial charge in [-0.2, -0.15) is 0 Å². The zero-order valence-corrected chi connectivity index (χ0v) is 15.1. The maximum Gasteiger partial charge on any atom is 0.315 e. The molecule has 0 aliphatic carbocycles. The molecule has 0 heterocycles. The minimum absolute atomic E-state index is 0.127. The van der Waals surface area contributed by atoms with E-state index in [1.165, 1.54) is 6.92 Å². The predicted octanol–water partition coefficient (Wildman–Crippen LogP) is 3.47. The Bertz CT molecular complexity index is 719. The van der Waals surface area contributed by atoms with E-state index < -0.39 is 0 Å². The predicted molar refractivity (Wildman–Crippen MR) is 102 cm³/mol. The summed E-state index contributed by atoms with van der Waals surface area (Å²) in [5, 5.41) is 8.43. The maximum atomic E-state index is 12.0. The van der Waals surface area contributed by atoms with E-state index in [2.05, 4.69) is 16.0 Å². The van der Waals surface area contributed by atoms with Crippen LogP contribution in [0.2, 0.25) is 0 Å². The largest absolute Gasteiger partial charge is 0.494 e. The molecule has 6 heteroatoms. The lowest BCUT2D eigenvalue weighted by Crippen LogP contribution is -2.37. The van der Waals surface area contributed by atoms with Gasteiger partial charge in [-0.15, -0.1) is 0 Å².